The van der Waals surface area contributed by atoms with Gasteiger partial charge in [-0.15, -0.1) is 11.3 Å². The van der Waals surface area contributed by atoms with Gasteiger partial charge in [-0.05, 0) is 31.1 Å². The first-order valence-corrected chi connectivity index (χ1v) is 9.21. The van der Waals surface area contributed by atoms with Crippen LogP contribution in [0.15, 0.2) is 6.07 Å². The van der Waals surface area contributed by atoms with Gasteiger partial charge in [-0.25, -0.2) is 4.39 Å². The summed E-state index contributed by atoms with van der Waals surface area (Å²) in [5, 5.41) is 2.96. The fraction of sp³-hybridized carbons (Fsp3) is 0.667. The summed E-state index contributed by atoms with van der Waals surface area (Å²) in [4.78, 5) is 0.657. The molecule has 1 aromatic rings. The zero-order chi connectivity index (χ0) is 12.6. The lowest BCUT2D eigenvalue weighted by atomic mass is 10.2. The van der Waals surface area contributed by atoms with E-state index in [1.165, 1.54) is 17.4 Å². The van der Waals surface area contributed by atoms with E-state index in [2.05, 4.69) is 39.2 Å². The highest BCUT2D eigenvalue weighted by Crippen LogP contribution is 2.40. The predicted octanol–water partition coefficient (Wildman–Crippen LogP) is 4.77. The molecule has 0 amide bonds. The molecule has 4 heteroatoms. The van der Waals surface area contributed by atoms with Crippen molar-refractivity contribution in [3.63, 3.8) is 0 Å². The van der Waals surface area contributed by atoms with Crippen LogP contribution in [-0.4, -0.2) is 8.32 Å². The number of rotatable bonds is 3. The van der Waals surface area contributed by atoms with Crippen LogP contribution in [0.4, 0.5) is 4.39 Å². The van der Waals surface area contributed by atoms with E-state index < -0.39 is 8.32 Å². The third-order valence-electron chi connectivity index (χ3n) is 3.24. The van der Waals surface area contributed by atoms with E-state index in [-0.39, 0.29) is 17.0 Å². The largest absolute Gasteiger partial charge is 0.409 e. The highest BCUT2D eigenvalue weighted by molar-refractivity contribution is 7.09. The van der Waals surface area contributed by atoms with Gasteiger partial charge in [0.25, 0.3) is 0 Å². The quantitative estimate of drug-likeness (QED) is 0.710. The average Bonchev–Trinajstić information content (AvgIpc) is 2.48. The summed E-state index contributed by atoms with van der Waals surface area (Å²) in [6.07, 6.45) is -0.169. The van der Waals surface area contributed by atoms with Crippen molar-refractivity contribution >= 4 is 19.7 Å². The molecule has 0 aliphatic rings. The molecule has 0 aromatic carbocycles. The van der Waals surface area contributed by atoms with E-state index in [1.807, 2.05) is 6.92 Å². The molecule has 1 heterocycles. The van der Waals surface area contributed by atoms with Gasteiger partial charge in [-0.1, -0.05) is 20.8 Å². The standard InChI is InChI=1S/C12H20FOSSi/c1-9(11-10(13)7-8-15-11)14-16(5,6)12(2,3)4/h7,9H,1-6H3. The first-order valence-electron chi connectivity index (χ1n) is 5.48. The van der Waals surface area contributed by atoms with Crippen LogP contribution in [0.5, 0.6) is 0 Å². The molecule has 1 atom stereocenters. The van der Waals surface area contributed by atoms with E-state index in [9.17, 15) is 4.39 Å². The smallest absolute Gasteiger partial charge is 0.192 e. The van der Waals surface area contributed by atoms with Crippen molar-refractivity contribution in [1.82, 2.24) is 0 Å². The number of hydrogen-bond donors (Lipinski definition) is 0. The first-order chi connectivity index (χ1) is 7.15. The van der Waals surface area contributed by atoms with Crippen LogP contribution in [-0.2, 0) is 4.43 Å². The molecule has 91 valence electrons. The van der Waals surface area contributed by atoms with Gasteiger partial charge in [0.15, 0.2) is 8.32 Å². The molecule has 0 aliphatic heterocycles. The fourth-order valence-electron chi connectivity index (χ4n) is 1.21. The third-order valence-corrected chi connectivity index (χ3v) is 8.77. The average molecular weight is 259 g/mol. The van der Waals surface area contributed by atoms with Gasteiger partial charge in [0.05, 0.1) is 11.0 Å². The van der Waals surface area contributed by atoms with Crippen molar-refractivity contribution in [3.05, 3.63) is 22.1 Å². The Bertz CT molecular complexity index is 354. The molecule has 1 nitrogen and oxygen atoms in total. The van der Waals surface area contributed by atoms with Crippen LogP contribution in [0.1, 0.15) is 38.7 Å². The molecule has 16 heavy (non-hydrogen) atoms. The number of thiophene rings is 1. The van der Waals surface area contributed by atoms with Crippen LogP contribution in [0.3, 0.4) is 0 Å². The zero-order valence-corrected chi connectivity index (χ0v) is 12.7. The SMILES string of the molecule is CC(O[Si](C)(C)C(C)(C)C)c1s[c]cc1F. The maximum atomic E-state index is 13.4. The molecule has 1 aromatic heterocycles. The fourth-order valence-corrected chi connectivity index (χ4v) is 3.31. The van der Waals surface area contributed by atoms with Crippen LogP contribution < -0.4 is 0 Å². The maximum absolute atomic E-state index is 13.4. The molecule has 0 spiro atoms. The Balaban J connectivity index is 2.80. The van der Waals surface area contributed by atoms with Gasteiger partial charge in [0.1, 0.15) is 5.82 Å². The minimum atomic E-state index is -1.82. The second-order valence-corrected chi connectivity index (χ2v) is 11.2. The Kier molecular flexibility index (Phi) is 3.98. The lowest BCUT2D eigenvalue weighted by molar-refractivity contribution is 0.202. The molecular weight excluding hydrogens is 239 g/mol. The molecule has 0 N–H and O–H groups in total. The van der Waals surface area contributed by atoms with Crippen LogP contribution in [0.2, 0.25) is 18.1 Å². The normalized spacial score (nSPS) is 15.2. The summed E-state index contributed by atoms with van der Waals surface area (Å²) in [7, 11) is -1.82. The summed E-state index contributed by atoms with van der Waals surface area (Å²) >= 11 is 1.31. The van der Waals surface area contributed by atoms with Crippen molar-refractivity contribution < 1.29 is 8.82 Å². The van der Waals surface area contributed by atoms with Crippen molar-refractivity contribution in [3.8, 4) is 0 Å². The molecule has 1 unspecified atom stereocenters. The highest BCUT2D eigenvalue weighted by atomic mass is 32.1. The Labute approximate surface area is 103 Å². The number of halogens is 1. The minimum Gasteiger partial charge on any atom is -0.409 e. The van der Waals surface area contributed by atoms with E-state index in [1.54, 1.807) is 0 Å². The molecule has 0 aliphatic carbocycles. The second kappa shape index (κ2) is 4.59. The lowest BCUT2D eigenvalue weighted by Crippen LogP contribution is -2.41. The first kappa shape index (κ1) is 13.9. The van der Waals surface area contributed by atoms with Gasteiger partial charge in [0.2, 0.25) is 0 Å². The highest BCUT2D eigenvalue weighted by Gasteiger charge is 2.39. The topological polar surface area (TPSA) is 9.23 Å². The van der Waals surface area contributed by atoms with Gasteiger partial charge in [-0.3, -0.25) is 0 Å². The summed E-state index contributed by atoms with van der Waals surface area (Å²) in [6, 6.07) is 1.38. The predicted molar refractivity (Wildman–Crippen MR) is 69.8 cm³/mol. The van der Waals surface area contributed by atoms with E-state index >= 15 is 0 Å². The molecule has 0 bridgehead atoms. The molecule has 0 fully saturated rings. The Morgan fingerprint density at radius 2 is 2.00 bits per heavy atom. The van der Waals surface area contributed by atoms with Crippen LogP contribution in [0, 0.1) is 11.2 Å². The minimum absolute atomic E-state index is 0.151. The van der Waals surface area contributed by atoms with Crippen molar-refractivity contribution in [2.24, 2.45) is 0 Å². The lowest BCUT2D eigenvalue weighted by Gasteiger charge is -2.38. The van der Waals surface area contributed by atoms with Crippen LogP contribution >= 0.6 is 11.3 Å². The summed E-state index contributed by atoms with van der Waals surface area (Å²) in [5.74, 6) is -0.198. The van der Waals surface area contributed by atoms with Gasteiger partial charge in [-0.2, -0.15) is 0 Å². The Morgan fingerprint density at radius 1 is 1.44 bits per heavy atom. The van der Waals surface area contributed by atoms with Crippen molar-refractivity contribution in [2.75, 3.05) is 0 Å². The second-order valence-electron chi connectivity index (χ2n) is 5.60. The summed E-state index contributed by atoms with van der Waals surface area (Å²) in [5.41, 5.74) is 0. The van der Waals surface area contributed by atoms with E-state index in [0.29, 0.717) is 4.88 Å². The summed E-state index contributed by atoms with van der Waals surface area (Å²) < 4.78 is 19.5. The third kappa shape index (κ3) is 2.93. The van der Waals surface area contributed by atoms with Crippen molar-refractivity contribution in [2.45, 2.75) is 51.9 Å². The molecule has 1 rings (SSSR count). The number of hydrogen-bond acceptors (Lipinski definition) is 2. The molecule has 0 saturated heterocycles. The van der Waals surface area contributed by atoms with Crippen LogP contribution in [0.25, 0.3) is 0 Å². The maximum Gasteiger partial charge on any atom is 0.192 e. The van der Waals surface area contributed by atoms with Gasteiger partial charge in [0, 0.05) is 5.38 Å². The summed E-state index contributed by atoms with van der Waals surface area (Å²) in [6.45, 7) is 12.8. The van der Waals surface area contributed by atoms with E-state index in [4.69, 9.17) is 4.43 Å². The van der Waals surface area contributed by atoms with Gasteiger partial charge < -0.3 is 4.43 Å². The molecule has 1 radical (unpaired) electrons. The zero-order valence-electron chi connectivity index (χ0n) is 10.8. The molecule has 0 saturated carbocycles. The molecular formula is C12H20FOSSi. The van der Waals surface area contributed by atoms with E-state index in [0.717, 1.165) is 0 Å². The Morgan fingerprint density at radius 3 is 2.38 bits per heavy atom. The van der Waals surface area contributed by atoms with Gasteiger partial charge >= 0.3 is 0 Å². The Hall–Kier alpha value is -0.193. The van der Waals surface area contributed by atoms with Crippen molar-refractivity contribution in [1.29, 1.82) is 0 Å². The monoisotopic (exact) mass is 259 g/mol.